The maximum atomic E-state index is 12.3. The van der Waals surface area contributed by atoms with Gasteiger partial charge in [-0.05, 0) is 43.5 Å². The standard InChI is InChI=1S/C18H26N2O/c1-13(2)6-5-7-14(3)19-18(21)16-8-9-17-15(12-16)10-11-20(17)4/h8-14H,5-7H2,1-4H3,(H,19,21)/t14-/m1/s1. The lowest BCUT2D eigenvalue weighted by molar-refractivity contribution is 0.0938. The predicted octanol–water partition coefficient (Wildman–Crippen LogP) is 4.12. The van der Waals surface area contributed by atoms with Gasteiger partial charge in [0, 0.05) is 35.8 Å². The zero-order chi connectivity index (χ0) is 15.4. The summed E-state index contributed by atoms with van der Waals surface area (Å²) in [4.78, 5) is 12.3. The molecule has 1 N–H and O–H groups in total. The van der Waals surface area contributed by atoms with Crippen molar-refractivity contribution >= 4 is 16.8 Å². The number of rotatable bonds is 6. The van der Waals surface area contributed by atoms with E-state index in [1.807, 2.05) is 37.5 Å². The molecule has 0 fully saturated rings. The molecule has 21 heavy (non-hydrogen) atoms. The number of fused-ring (bicyclic) bond motifs is 1. The second-order valence-electron chi connectivity index (χ2n) is 6.40. The van der Waals surface area contributed by atoms with Crippen LogP contribution in [0.15, 0.2) is 30.5 Å². The maximum Gasteiger partial charge on any atom is 0.251 e. The van der Waals surface area contributed by atoms with Gasteiger partial charge in [0.1, 0.15) is 0 Å². The zero-order valence-electron chi connectivity index (χ0n) is 13.5. The highest BCUT2D eigenvalue weighted by atomic mass is 16.1. The highest BCUT2D eigenvalue weighted by Gasteiger charge is 2.11. The smallest absolute Gasteiger partial charge is 0.251 e. The Balaban J connectivity index is 1.95. The van der Waals surface area contributed by atoms with Gasteiger partial charge in [-0.25, -0.2) is 0 Å². The Hall–Kier alpha value is -1.77. The fourth-order valence-electron chi connectivity index (χ4n) is 2.63. The van der Waals surface area contributed by atoms with Crippen LogP contribution in [0.4, 0.5) is 0 Å². The first-order chi connectivity index (χ1) is 9.97. The third kappa shape index (κ3) is 4.10. The summed E-state index contributed by atoms with van der Waals surface area (Å²) in [6, 6.07) is 8.14. The van der Waals surface area contributed by atoms with Crippen molar-refractivity contribution in [1.82, 2.24) is 9.88 Å². The molecule has 0 aliphatic carbocycles. The van der Waals surface area contributed by atoms with E-state index >= 15 is 0 Å². The van der Waals surface area contributed by atoms with Crippen molar-refractivity contribution in [1.29, 1.82) is 0 Å². The van der Waals surface area contributed by atoms with Crippen LogP contribution in [-0.2, 0) is 7.05 Å². The molecule has 0 aliphatic rings. The van der Waals surface area contributed by atoms with Crippen LogP contribution in [0.25, 0.3) is 10.9 Å². The Labute approximate surface area is 127 Å². The van der Waals surface area contributed by atoms with Gasteiger partial charge >= 0.3 is 0 Å². The number of aryl methyl sites for hydroxylation is 1. The van der Waals surface area contributed by atoms with Crippen molar-refractivity contribution in [2.75, 3.05) is 0 Å². The number of carbonyl (C=O) groups excluding carboxylic acids is 1. The summed E-state index contributed by atoms with van der Waals surface area (Å²) in [5, 5.41) is 4.20. The van der Waals surface area contributed by atoms with Gasteiger partial charge in [0.25, 0.3) is 5.91 Å². The van der Waals surface area contributed by atoms with Crippen LogP contribution in [0.5, 0.6) is 0 Å². The molecule has 0 saturated carbocycles. The van der Waals surface area contributed by atoms with Crippen molar-refractivity contribution in [2.45, 2.75) is 46.1 Å². The third-order valence-corrected chi connectivity index (χ3v) is 3.94. The molecule has 3 heteroatoms. The molecular weight excluding hydrogens is 260 g/mol. The molecule has 0 saturated heterocycles. The largest absolute Gasteiger partial charge is 0.351 e. The molecule has 0 radical (unpaired) electrons. The summed E-state index contributed by atoms with van der Waals surface area (Å²) in [5.41, 5.74) is 1.89. The number of carbonyl (C=O) groups is 1. The van der Waals surface area contributed by atoms with E-state index < -0.39 is 0 Å². The molecule has 0 unspecified atom stereocenters. The van der Waals surface area contributed by atoms with E-state index in [1.165, 1.54) is 6.42 Å². The second kappa shape index (κ2) is 6.79. The predicted molar refractivity (Wildman–Crippen MR) is 88.5 cm³/mol. The van der Waals surface area contributed by atoms with E-state index in [2.05, 4.69) is 30.7 Å². The molecule has 0 aliphatic heterocycles. The Morgan fingerprint density at radius 1 is 1.19 bits per heavy atom. The number of hydrogen-bond acceptors (Lipinski definition) is 1. The van der Waals surface area contributed by atoms with Crippen LogP contribution in [0, 0.1) is 5.92 Å². The minimum Gasteiger partial charge on any atom is -0.351 e. The molecule has 1 atom stereocenters. The topological polar surface area (TPSA) is 34.0 Å². The first-order valence-electron chi connectivity index (χ1n) is 7.83. The second-order valence-corrected chi connectivity index (χ2v) is 6.40. The molecule has 1 aromatic carbocycles. The van der Waals surface area contributed by atoms with Gasteiger partial charge in [-0.3, -0.25) is 4.79 Å². The van der Waals surface area contributed by atoms with E-state index in [-0.39, 0.29) is 11.9 Å². The molecule has 0 spiro atoms. The van der Waals surface area contributed by atoms with Gasteiger partial charge in [-0.1, -0.05) is 26.7 Å². The summed E-state index contributed by atoms with van der Waals surface area (Å²) in [6.07, 6.45) is 5.44. The molecule has 2 aromatic rings. The van der Waals surface area contributed by atoms with Gasteiger partial charge in [0.05, 0.1) is 0 Å². The number of benzene rings is 1. The summed E-state index contributed by atoms with van der Waals surface area (Å²) in [5.74, 6) is 0.756. The van der Waals surface area contributed by atoms with Gasteiger partial charge < -0.3 is 9.88 Å². The minimum absolute atomic E-state index is 0.0257. The fraction of sp³-hybridized carbons (Fsp3) is 0.500. The summed E-state index contributed by atoms with van der Waals surface area (Å²) in [7, 11) is 2.01. The normalized spacial score (nSPS) is 12.8. The first-order valence-corrected chi connectivity index (χ1v) is 7.83. The highest BCUT2D eigenvalue weighted by Crippen LogP contribution is 2.17. The van der Waals surface area contributed by atoms with Crippen molar-refractivity contribution in [3.63, 3.8) is 0 Å². The average Bonchev–Trinajstić information content (AvgIpc) is 2.79. The van der Waals surface area contributed by atoms with E-state index in [0.29, 0.717) is 0 Å². The van der Waals surface area contributed by atoms with E-state index in [4.69, 9.17) is 0 Å². The highest BCUT2D eigenvalue weighted by molar-refractivity contribution is 5.98. The van der Waals surface area contributed by atoms with Gasteiger partial charge in [0.15, 0.2) is 0 Å². The number of nitrogens with zero attached hydrogens (tertiary/aromatic N) is 1. The molecule has 2 rings (SSSR count). The lowest BCUT2D eigenvalue weighted by atomic mass is 10.0. The van der Waals surface area contributed by atoms with Crippen LogP contribution in [-0.4, -0.2) is 16.5 Å². The number of amides is 1. The van der Waals surface area contributed by atoms with Gasteiger partial charge in [-0.2, -0.15) is 0 Å². The van der Waals surface area contributed by atoms with Crippen LogP contribution in [0.1, 0.15) is 50.4 Å². The van der Waals surface area contributed by atoms with Crippen LogP contribution in [0.2, 0.25) is 0 Å². The third-order valence-electron chi connectivity index (χ3n) is 3.94. The Kier molecular flexibility index (Phi) is 5.05. The zero-order valence-corrected chi connectivity index (χ0v) is 13.5. The Morgan fingerprint density at radius 2 is 1.95 bits per heavy atom. The average molecular weight is 286 g/mol. The van der Waals surface area contributed by atoms with Crippen LogP contribution in [0.3, 0.4) is 0 Å². The van der Waals surface area contributed by atoms with E-state index in [9.17, 15) is 4.79 Å². The molecular formula is C18H26N2O. The van der Waals surface area contributed by atoms with Gasteiger partial charge in [-0.15, -0.1) is 0 Å². The SMILES string of the molecule is CC(C)CCC[C@@H](C)NC(=O)c1ccc2c(ccn2C)c1. The van der Waals surface area contributed by atoms with Crippen LogP contribution < -0.4 is 5.32 Å². The minimum atomic E-state index is 0.0257. The fourth-order valence-corrected chi connectivity index (χ4v) is 2.63. The van der Waals surface area contributed by atoms with Crippen LogP contribution >= 0.6 is 0 Å². The lowest BCUT2D eigenvalue weighted by Crippen LogP contribution is -2.32. The molecule has 1 heterocycles. The molecule has 0 bridgehead atoms. The monoisotopic (exact) mass is 286 g/mol. The molecule has 1 amide bonds. The number of aromatic nitrogens is 1. The quantitative estimate of drug-likeness (QED) is 0.851. The van der Waals surface area contributed by atoms with Gasteiger partial charge in [0.2, 0.25) is 0 Å². The summed E-state index contributed by atoms with van der Waals surface area (Å²) >= 11 is 0. The van der Waals surface area contributed by atoms with E-state index in [1.54, 1.807) is 0 Å². The van der Waals surface area contributed by atoms with Crippen molar-refractivity contribution in [2.24, 2.45) is 13.0 Å². The Morgan fingerprint density at radius 3 is 2.67 bits per heavy atom. The first kappa shape index (κ1) is 15.6. The van der Waals surface area contributed by atoms with Crippen molar-refractivity contribution in [3.8, 4) is 0 Å². The van der Waals surface area contributed by atoms with Crippen molar-refractivity contribution < 1.29 is 4.79 Å². The van der Waals surface area contributed by atoms with Crippen molar-refractivity contribution in [3.05, 3.63) is 36.0 Å². The molecule has 3 nitrogen and oxygen atoms in total. The molecule has 1 aromatic heterocycles. The lowest BCUT2D eigenvalue weighted by Gasteiger charge is -2.14. The number of nitrogens with one attached hydrogen (secondary N) is 1. The van der Waals surface area contributed by atoms with E-state index in [0.717, 1.165) is 35.2 Å². The number of hydrogen-bond donors (Lipinski definition) is 1. The summed E-state index contributed by atoms with van der Waals surface area (Å²) < 4.78 is 2.06. The Bertz CT molecular complexity index is 613. The molecule has 114 valence electrons. The maximum absolute atomic E-state index is 12.3. The summed E-state index contributed by atoms with van der Waals surface area (Å²) in [6.45, 7) is 6.55.